The fourth-order valence-corrected chi connectivity index (χ4v) is 2.27. The van der Waals surface area contributed by atoms with Crippen molar-refractivity contribution in [2.45, 2.75) is 32.9 Å². The molecule has 23 heavy (non-hydrogen) atoms. The Morgan fingerprint density at radius 3 is 2.57 bits per heavy atom. The van der Waals surface area contributed by atoms with Crippen molar-refractivity contribution in [2.24, 2.45) is 0 Å². The maximum Gasteiger partial charge on any atom is 0.234 e. The Hall–Kier alpha value is -1.85. The fourth-order valence-electron chi connectivity index (χ4n) is 2.14. The van der Waals surface area contributed by atoms with E-state index in [1.54, 1.807) is 18.4 Å². The molecule has 1 N–H and O–H groups in total. The smallest absolute Gasteiger partial charge is 0.234 e. The van der Waals surface area contributed by atoms with Crippen molar-refractivity contribution >= 4 is 17.5 Å². The molecule has 0 aliphatic heterocycles. The number of benzene rings is 1. The van der Waals surface area contributed by atoms with Crippen LogP contribution < -0.4 is 5.32 Å². The summed E-state index contributed by atoms with van der Waals surface area (Å²) in [6, 6.07) is 7.31. The summed E-state index contributed by atoms with van der Waals surface area (Å²) in [6.45, 7) is 6.72. The van der Waals surface area contributed by atoms with Crippen LogP contribution in [0.1, 0.15) is 26.5 Å². The molecule has 1 aromatic carbocycles. The number of rotatable bonds is 5. The van der Waals surface area contributed by atoms with Gasteiger partial charge in [-0.2, -0.15) is 0 Å². The average Bonchev–Trinajstić information content (AvgIpc) is 2.85. The summed E-state index contributed by atoms with van der Waals surface area (Å²) in [6.07, 6.45) is 1.61. The molecule has 5 nitrogen and oxygen atoms in total. The standard InChI is InChI=1S/C17H22ClN3O2/c1-17(2,3)20-15(22)10-21(4)9-14-11-23-16(19-14)12-5-7-13(18)8-6-12/h5-8,11H,9-10H2,1-4H3,(H,20,22). The van der Waals surface area contributed by atoms with Crippen LogP contribution in [-0.4, -0.2) is 34.9 Å². The second kappa shape index (κ2) is 7.15. The maximum atomic E-state index is 11.9. The molecule has 1 heterocycles. The molecule has 2 aromatic rings. The van der Waals surface area contributed by atoms with Crippen LogP contribution in [0.2, 0.25) is 5.02 Å². The summed E-state index contributed by atoms with van der Waals surface area (Å²) in [5.41, 5.74) is 1.42. The molecule has 0 aliphatic rings. The first kappa shape index (κ1) is 17.5. The fraction of sp³-hybridized carbons (Fsp3) is 0.412. The van der Waals surface area contributed by atoms with Gasteiger partial charge in [0.2, 0.25) is 11.8 Å². The third kappa shape index (κ3) is 5.69. The lowest BCUT2D eigenvalue weighted by Crippen LogP contribution is -2.45. The van der Waals surface area contributed by atoms with Crippen LogP contribution in [0, 0.1) is 0 Å². The first-order chi connectivity index (χ1) is 10.7. The number of hydrogen-bond acceptors (Lipinski definition) is 4. The highest BCUT2D eigenvalue weighted by Gasteiger charge is 2.16. The number of carbonyl (C=O) groups excluding carboxylic acids is 1. The number of carbonyl (C=O) groups is 1. The zero-order chi connectivity index (χ0) is 17.0. The molecule has 2 rings (SSSR count). The van der Waals surface area contributed by atoms with E-state index in [1.165, 1.54) is 0 Å². The zero-order valence-corrected chi connectivity index (χ0v) is 14.6. The third-order valence-corrected chi connectivity index (χ3v) is 3.25. The Morgan fingerprint density at radius 2 is 1.96 bits per heavy atom. The Balaban J connectivity index is 1.93. The average molecular weight is 336 g/mol. The van der Waals surface area contributed by atoms with E-state index in [0.717, 1.165) is 11.3 Å². The van der Waals surface area contributed by atoms with Gasteiger partial charge in [-0.25, -0.2) is 4.98 Å². The monoisotopic (exact) mass is 335 g/mol. The summed E-state index contributed by atoms with van der Waals surface area (Å²) < 4.78 is 5.50. The lowest BCUT2D eigenvalue weighted by Gasteiger charge is -2.22. The molecule has 0 saturated heterocycles. The minimum absolute atomic E-state index is 0.0126. The second-order valence-corrected chi connectivity index (χ2v) is 7.06. The van der Waals surface area contributed by atoms with E-state index >= 15 is 0 Å². The Kier molecular flexibility index (Phi) is 5.44. The predicted molar refractivity (Wildman–Crippen MR) is 91.2 cm³/mol. The highest BCUT2D eigenvalue weighted by atomic mass is 35.5. The van der Waals surface area contributed by atoms with Crippen LogP contribution in [-0.2, 0) is 11.3 Å². The molecule has 124 valence electrons. The topological polar surface area (TPSA) is 58.4 Å². The molecule has 0 radical (unpaired) electrons. The molecular weight excluding hydrogens is 314 g/mol. The van der Waals surface area contributed by atoms with Crippen molar-refractivity contribution in [3.8, 4) is 11.5 Å². The first-order valence-electron chi connectivity index (χ1n) is 7.43. The summed E-state index contributed by atoms with van der Waals surface area (Å²) >= 11 is 5.87. The summed E-state index contributed by atoms with van der Waals surface area (Å²) in [5.74, 6) is 0.533. The van der Waals surface area contributed by atoms with Crippen LogP contribution >= 0.6 is 11.6 Å². The first-order valence-corrected chi connectivity index (χ1v) is 7.80. The summed E-state index contributed by atoms with van der Waals surface area (Å²) in [5, 5.41) is 3.61. The maximum absolute atomic E-state index is 11.9. The molecule has 0 aliphatic carbocycles. The molecule has 0 bridgehead atoms. The van der Waals surface area contributed by atoms with E-state index < -0.39 is 0 Å². The number of aromatic nitrogens is 1. The molecule has 0 unspecified atom stereocenters. The van der Waals surface area contributed by atoms with Crippen molar-refractivity contribution in [3.63, 3.8) is 0 Å². The molecule has 0 spiro atoms. The zero-order valence-electron chi connectivity index (χ0n) is 13.9. The summed E-state index contributed by atoms with van der Waals surface area (Å²) in [4.78, 5) is 18.3. The van der Waals surface area contributed by atoms with Gasteiger partial charge in [0.25, 0.3) is 0 Å². The van der Waals surface area contributed by atoms with Crippen LogP contribution in [0.5, 0.6) is 0 Å². The highest BCUT2D eigenvalue weighted by molar-refractivity contribution is 6.30. The minimum Gasteiger partial charge on any atom is -0.444 e. The van der Waals surface area contributed by atoms with Crippen molar-refractivity contribution in [1.82, 2.24) is 15.2 Å². The van der Waals surface area contributed by atoms with Crippen molar-refractivity contribution in [2.75, 3.05) is 13.6 Å². The van der Waals surface area contributed by atoms with E-state index in [1.807, 2.05) is 44.9 Å². The van der Waals surface area contributed by atoms with E-state index in [2.05, 4.69) is 10.3 Å². The number of hydrogen-bond donors (Lipinski definition) is 1. The molecule has 0 fully saturated rings. The number of likely N-dealkylation sites (N-methyl/N-ethyl adjacent to an activating group) is 1. The van der Waals surface area contributed by atoms with Crippen LogP contribution in [0.4, 0.5) is 0 Å². The van der Waals surface area contributed by atoms with E-state index in [0.29, 0.717) is 24.0 Å². The quantitative estimate of drug-likeness (QED) is 0.910. The number of nitrogens with one attached hydrogen (secondary N) is 1. The van der Waals surface area contributed by atoms with Crippen LogP contribution in [0.3, 0.4) is 0 Å². The Bertz CT molecular complexity index is 659. The van der Waals surface area contributed by atoms with Crippen molar-refractivity contribution < 1.29 is 9.21 Å². The second-order valence-electron chi connectivity index (χ2n) is 6.62. The van der Waals surface area contributed by atoms with E-state index in [-0.39, 0.29) is 11.4 Å². The number of nitrogens with zero attached hydrogens (tertiary/aromatic N) is 2. The number of amides is 1. The van der Waals surface area contributed by atoms with Gasteiger partial charge in [-0.05, 0) is 52.1 Å². The van der Waals surface area contributed by atoms with Gasteiger partial charge < -0.3 is 9.73 Å². The van der Waals surface area contributed by atoms with Gasteiger partial charge >= 0.3 is 0 Å². The van der Waals surface area contributed by atoms with E-state index in [4.69, 9.17) is 16.0 Å². The predicted octanol–water partition coefficient (Wildman–Crippen LogP) is 3.34. The van der Waals surface area contributed by atoms with E-state index in [9.17, 15) is 4.79 Å². The van der Waals surface area contributed by atoms with Gasteiger partial charge in [-0.3, -0.25) is 9.69 Å². The minimum atomic E-state index is -0.229. The third-order valence-electron chi connectivity index (χ3n) is 3.00. The van der Waals surface area contributed by atoms with Crippen molar-refractivity contribution in [3.05, 3.63) is 41.2 Å². The van der Waals surface area contributed by atoms with Crippen LogP contribution in [0.15, 0.2) is 34.9 Å². The van der Waals surface area contributed by atoms with Crippen LogP contribution in [0.25, 0.3) is 11.5 Å². The Labute approximate surface area is 141 Å². The molecule has 1 aromatic heterocycles. The molecule has 0 atom stereocenters. The lowest BCUT2D eigenvalue weighted by atomic mass is 10.1. The molecule has 0 saturated carbocycles. The van der Waals surface area contributed by atoms with Gasteiger partial charge in [0, 0.05) is 22.7 Å². The normalized spacial score (nSPS) is 11.7. The van der Waals surface area contributed by atoms with Gasteiger partial charge in [-0.1, -0.05) is 11.6 Å². The van der Waals surface area contributed by atoms with Gasteiger partial charge in [0.05, 0.1) is 12.2 Å². The highest BCUT2D eigenvalue weighted by Crippen LogP contribution is 2.21. The van der Waals surface area contributed by atoms with Crippen molar-refractivity contribution in [1.29, 1.82) is 0 Å². The Morgan fingerprint density at radius 1 is 1.30 bits per heavy atom. The molecular formula is C17H22ClN3O2. The number of oxazole rings is 1. The van der Waals surface area contributed by atoms with Gasteiger partial charge in [0.1, 0.15) is 6.26 Å². The lowest BCUT2D eigenvalue weighted by molar-refractivity contribution is -0.123. The summed E-state index contributed by atoms with van der Waals surface area (Å²) in [7, 11) is 1.87. The van der Waals surface area contributed by atoms with Gasteiger partial charge in [0.15, 0.2) is 0 Å². The molecule has 1 amide bonds. The number of halogens is 1. The van der Waals surface area contributed by atoms with Gasteiger partial charge in [-0.15, -0.1) is 0 Å². The molecule has 6 heteroatoms. The largest absolute Gasteiger partial charge is 0.444 e. The SMILES string of the molecule is CN(CC(=O)NC(C)(C)C)Cc1coc(-c2ccc(Cl)cc2)n1.